The second-order valence-electron chi connectivity index (χ2n) is 4.38. The number of hydrazone groups is 1. The Bertz CT molecular complexity index is 708. The second kappa shape index (κ2) is 5.00. The number of nitrogens with zero attached hydrogens (tertiary/aromatic N) is 4. The topological polar surface area (TPSA) is 80.1 Å². The highest BCUT2D eigenvalue weighted by molar-refractivity contribution is 6.72. The standard InChI is InChI=1S/C14H14N6/c1-20-9-5-8-11(20)12-13(14(15)19-17-12)18-16-10-6-3-2-4-7-10/h2-9,16H,1H3,(H2,15,18,19). The number of hydrogen-bond donors (Lipinski definition) is 2. The van der Waals surface area contributed by atoms with Crippen LogP contribution in [-0.2, 0) is 7.05 Å². The van der Waals surface area contributed by atoms with Gasteiger partial charge in [0.2, 0.25) is 0 Å². The number of para-hydroxylation sites is 1. The Kier molecular flexibility index (Phi) is 3.04. The molecule has 0 aliphatic carbocycles. The molecule has 0 bridgehead atoms. The summed E-state index contributed by atoms with van der Waals surface area (Å²) in [5, 5.41) is 12.3. The fraction of sp³-hybridized carbons (Fsp3) is 0.0714. The van der Waals surface area contributed by atoms with Gasteiger partial charge in [-0.3, -0.25) is 5.43 Å². The number of nitrogens with two attached hydrogens (primary N) is 1. The van der Waals surface area contributed by atoms with Gasteiger partial charge in [0.1, 0.15) is 5.71 Å². The lowest BCUT2D eigenvalue weighted by atomic mass is 10.1. The van der Waals surface area contributed by atoms with Crippen molar-refractivity contribution in [3.8, 4) is 0 Å². The molecular formula is C14H14N6. The van der Waals surface area contributed by atoms with E-state index in [2.05, 4.69) is 20.7 Å². The molecule has 2 heterocycles. The zero-order chi connectivity index (χ0) is 13.9. The van der Waals surface area contributed by atoms with E-state index in [1.165, 1.54) is 0 Å². The van der Waals surface area contributed by atoms with Gasteiger partial charge in [0.25, 0.3) is 0 Å². The lowest BCUT2D eigenvalue weighted by molar-refractivity contribution is 0.915. The van der Waals surface area contributed by atoms with Gasteiger partial charge in [0.15, 0.2) is 11.5 Å². The SMILES string of the molecule is Cn1cccc1C1=NN=C(N)/C1=N/Nc1ccccc1. The maximum Gasteiger partial charge on any atom is 0.176 e. The molecule has 1 aliphatic heterocycles. The van der Waals surface area contributed by atoms with Crippen molar-refractivity contribution in [1.29, 1.82) is 0 Å². The number of rotatable bonds is 3. The first-order valence-electron chi connectivity index (χ1n) is 6.18. The molecular weight excluding hydrogens is 252 g/mol. The number of anilines is 1. The average Bonchev–Trinajstić information content (AvgIpc) is 3.04. The summed E-state index contributed by atoms with van der Waals surface area (Å²) in [7, 11) is 1.94. The van der Waals surface area contributed by atoms with Gasteiger partial charge in [0, 0.05) is 13.2 Å². The van der Waals surface area contributed by atoms with E-state index < -0.39 is 0 Å². The molecule has 3 rings (SSSR count). The second-order valence-corrected chi connectivity index (χ2v) is 4.38. The Hall–Kier alpha value is -2.89. The van der Waals surface area contributed by atoms with Crippen molar-refractivity contribution in [2.24, 2.45) is 28.1 Å². The molecule has 0 radical (unpaired) electrons. The molecule has 0 amide bonds. The van der Waals surface area contributed by atoms with E-state index in [1.54, 1.807) is 0 Å². The zero-order valence-electron chi connectivity index (χ0n) is 11.0. The van der Waals surface area contributed by atoms with Gasteiger partial charge in [-0.1, -0.05) is 18.2 Å². The van der Waals surface area contributed by atoms with Gasteiger partial charge in [-0.2, -0.15) is 5.10 Å². The van der Waals surface area contributed by atoms with Crippen LogP contribution in [0.1, 0.15) is 5.69 Å². The molecule has 1 aliphatic rings. The first-order valence-corrected chi connectivity index (χ1v) is 6.18. The Morgan fingerprint density at radius 3 is 2.60 bits per heavy atom. The van der Waals surface area contributed by atoms with Crippen LogP contribution in [0.15, 0.2) is 64.0 Å². The van der Waals surface area contributed by atoms with E-state index in [9.17, 15) is 0 Å². The minimum atomic E-state index is 0.310. The van der Waals surface area contributed by atoms with Crippen molar-refractivity contribution in [2.45, 2.75) is 0 Å². The maximum absolute atomic E-state index is 5.85. The smallest absolute Gasteiger partial charge is 0.176 e. The van der Waals surface area contributed by atoms with Crippen molar-refractivity contribution >= 4 is 22.9 Å². The lowest BCUT2D eigenvalue weighted by Gasteiger charge is -2.05. The van der Waals surface area contributed by atoms with E-state index >= 15 is 0 Å². The third kappa shape index (κ3) is 2.18. The zero-order valence-corrected chi connectivity index (χ0v) is 11.0. The number of nitrogens with one attached hydrogen (secondary N) is 1. The summed E-state index contributed by atoms with van der Waals surface area (Å²) in [6, 6.07) is 13.5. The van der Waals surface area contributed by atoms with Crippen LogP contribution in [0, 0.1) is 0 Å². The van der Waals surface area contributed by atoms with Crippen molar-refractivity contribution in [2.75, 3.05) is 5.43 Å². The maximum atomic E-state index is 5.85. The van der Waals surface area contributed by atoms with Crippen LogP contribution in [-0.4, -0.2) is 21.8 Å². The van der Waals surface area contributed by atoms with E-state index in [0.29, 0.717) is 17.3 Å². The van der Waals surface area contributed by atoms with E-state index in [-0.39, 0.29) is 0 Å². The molecule has 0 spiro atoms. The van der Waals surface area contributed by atoms with Crippen molar-refractivity contribution in [3.05, 3.63) is 54.4 Å². The molecule has 6 heteroatoms. The number of benzene rings is 1. The average molecular weight is 266 g/mol. The van der Waals surface area contributed by atoms with Crippen LogP contribution < -0.4 is 11.2 Å². The minimum Gasteiger partial charge on any atom is -0.380 e. The molecule has 6 nitrogen and oxygen atoms in total. The summed E-state index contributed by atoms with van der Waals surface area (Å²) in [6.07, 6.45) is 1.94. The van der Waals surface area contributed by atoms with Crippen LogP contribution >= 0.6 is 0 Å². The van der Waals surface area contributed by atoms with Gasteiger partial charge >= 0.3 is 0 Å². The Balaban J connectivity index is 1.89. The third-order valence-electron chi connectivity index (χ3n) is 2.98. The predicted octanol–water partition coefficient (Wildman–Crippen LogP) is 1.57. The summed E-state index contributed by atoms with van der Waals surface area (Å²) < 4.78 is 1.95. The molecule has 0 saturated carbocycles. The molecule has 0 fully saturated rings. The predicted molar refractivity (Wildman–Crippen MR) is 81.1 cm³/mol. The van der Waals surface area contributed by atoms with Crippen molar-refractivity contribution in [3.63, 3.8) is 0 Å². The first-order chi connectivity index (χ1) is 9.75. The number of aryl methyl sites for hydroxylation is 1. The Labute approximate surface area is 116 Å². The monoisotopic (exact) mass is 266 g/mol. The van der Waals surface area contributed by atoms with Crippen LogP contribution in [0.2, 0.25) is 0 Å². The molecule has 0 unspecified atom stereocenters. The van der Waals surface area contributed by atoms with E-state index in [4.69, 9.17) is 5.73 Å². The Morgan fingerprint density at radius 1 is 1.10 bits per heavy atom. The Morgan fingerprint density at radius 2 is 1.90 bits per heavy atom. The first kappa shape index (κ1) is 12.2. The molecule has 100 valence electrons. The fourth-order valence-electron chi connectivity index (χ4n) is 1.94. The van der Waals surface area contributed by atoms with E-state index in [0.717, 1.165) is 11.4 Å². The molecule has 1 aromatic carbocycles. The van der Waals surface area contributed by atoms with Gasteiger partial charge in [-0.15, -0.1) is 10.2 Å². The molecule has 1 aromatic heterocycles. The largest absolute Gasteiger partial charge is 0.380 e. The van der Waals surface area contributed by atoms with Gasteiger partial charge in [-0.05, 0) is 24.3 Å². The van der Waals surface area contributed by atoms with Crippen molar-refractivity contribution in [1.82, 2.24) is 4.57 Å². The summed E-state index contributed by atoms with van der Waals surface area (Å²) in [5.41, 5.74) is 11.8. The summed E-state index contributed by atoms with van der Waals surface area (Å²) >= 11 is 0. The van der Waals surface area contributed by atoms with Crippen LogP contribution in [0.3, 0.4) is 0 Å². The molecule has 2 aromatic rings. The normalized spacial score (nSPS) is 16.1. The highest BCUT2D eigenvalue weighted by Crippen LogP contribution is 2.11. The highest BCUT2D eigenvalue weighted by Gasteiger charge is 2.23. The quantitative estimate of drug-likeness (QED) is 0.827. The fourth-order valence-corrected chi connectivity index (χ4v) is 1.94. The summed E-state index contributed by atoms with van der Waals surface area (Å²) in [4.78, 5) is 0. The molecule has 0 atom stereocenters. The summed E-state index contributed by atoms with van der Waals surface area (Å²) in [6.45, 7) is 0. The minimum absolute atomic E-state index is 0.310. The van der Waals surface area contributed by atoms with Gasteiger partial charge in [-0.25, -0.2) is 0 Å². The number of amidine groups is 1. The van der Waals surface area contributed by atoms with Crippen LogP contribution in [0.4, 0.5) is 5.69 Å². The third-order valence-corrected chi connectivity index (χ3v) is 2.98. The van der Waals surface area contributed by atoms with E-state index in [1.807, 2.05) is 60.3 Å². The lowest BCUT2D eigenvalue weighted by Crippen LogP contribution is -2.29. The van der Waals surface area contributed by atoms with Crippen LogP contribution in [0.5, 0.6) is 0 Å². The molecule has 3 N–H and O–H groups in total. The van der Waals surface area contributed by atoms with Gasteiger partial charge < -0.3 is 10.3 Å². The van der Waals surface area contributed by atoms with Gasteiger partial charge in [0.05, 0.1) is 11.4 Å². The summed E-state index contributed by atoms with van der Waals surface area (Å²) in [5.74, 6) is 0.310. The van der Waals surface area contributed by atoms with Crippen molar-refractivity contribution < 1.29 is 0 Å². The molecule has 0 saturated heterocycles. The van der Waals surface area contributed by atoms with Crippen LogP contribution in [0.25, 0.3) is 0 Å². The number of hydrogen-bond acceptors (Lipinski definition) is 5. The number of aromatic nitrogens is 1. The highest BCUT2D eigenvalue weighted by atomic mass is 15.3. The molecule has 20 heavy (non-hydrogen) atoms.